The molecular formula is C26H25N3O2. The number of nitrogens with one attached hydrogen (secondary N) is 1. The zero-order chi connectivity index (χ0) is 21.2. The van der Waals surface area contributed by atoms with Crippen LogP contribution in [-0.4, -0.2) is 28.6 Å². The molecule has 0 saturated carbocycles. The summed E-state index contributed by atoms with van der Waals surface area (Å²) in [7, 11) is 0. The first kappa shape index (κ1) is 19.2. The molecule has 5 rings (SSSR count). The summed E-state index contributed by atoms with van der Waals surface area (Å²) in [4.78, 5) is 15.4. The Labute approximate surface area is 181 Å². The van der Waals surface area contributed by atoms with Gasteiger partial charge in [-0.25, -0.2) is 4.79 Å². The van der Waals surface area contributed by atoms with E-state index in [1.165, 1.54) is 0 Å². The van der Waals surface area contributed by atoms with Crippen molar-refractivity contribution in [3.8, 4) is 5.75 Å². The quantitative estimate of drug-likeness (QED) is 0.470. The highest BCUT2D eigenvalue weighted by Gasteiger charge is 2.32. The number of benzene rings is 3. The molecule has 5 heteroatoms. The van der Waals surface area contributed by atoms with Gasteiger partial charge in [0.15, 0.2) is 0 Å². The minimum atomic E-state index is -0.158. The number of nitrogens with zero attached hydrogens (tertiary/aromatic N) is 2. The Morgan fingerprint density at radius 2 is 1.77 bits per heavy atom. The van der Waals surface area contributed by atoms with Crippen LogP contribution in [0, 0.1) is 0 Å². The van der Waals surface area contributed by atoms with E-state index in [-0.39, 0.29) is 12.1 Å². The molecule has 0 radical (unpaired) electrons. The Morgan fingerprint density at radius 3 is 2.61 bits per heavy atom. The maximum atomic E-state index is 13.5. The number of hydrogen-bond donors (Lipinski definition) is 1. The van der Waals surface area contributed by atoms with Gasteiger partial charge in [-0.15, -0.1) is 0 Å². The van der Waals surface area contributed by atoms with Crippen molar-refractivity contribution >= 4 is 22.5 Å². The first-order chi connectivity index (χ1) is 15.2. The SMILES string of the molecule is CCOc1ccc([C@@H]2c3cccn3CCN2C(=O)Nc2cccc3ccccc23)cc1. The predicted octanol–water partition coefficient (Wildman–Crippen LogP) is 5.68. The molecule has 3 aromatic carbocycles. The van der Waals surface area contributed by atoms with E-state index in [4.69, 9.17) is 4.74 Å². The van der Waals surface area contributed by atoms with Crippen LogP contribution in [0.5, 0.6) is 5.75 Å². The number of anilines is 1. The Kier molecular flexibility index (Phi) is 5.08. The van der Waals surface area contributed by atoms with Crippen molar-refractivity contribution in [1.29, 1.82) is 0 Å². The third-order valence-corrected chi connectivity index (χ3v) is 5.84. The molecule has 0 saturated heterocycles. The number of rotatable bonds is 4. The molecule has 0 aliphatic carbocycles. The average Bonchev–Trinajstić information content (AvgIpc) is 3.28. The summed E-state index contributed by atoms with van der Waals surface area (Å²) in [5.41, 5.74) is 3.01. The monoisotopic (exact) mass is 411 g/mol. The third kappa shape index (κ3) is 3.63. The van der Waals surface area contributed by atoms with Gasteiger partial charge < -0.3 is 19.5 Å². The number of hydrogen-bond acceptors (Lipinski definition) is 2. The van der Waals surface area contributed by atoms with Crippen LogP contribution in [0.25, 0.3) is 10.8 Å². The maximum Gasteiger partial charge on any atom is 0.322 e. The van der Waals surface area contributed by atoms with Gasteiger partial charge in [-0.1, -0.05) is 48.5 Å². The van der Waals surface area contributed by atoms with Gasteiger partial charge in [0.1, 0.15) is 5.75 Å². The van der Waals surface area contributed by atoms with Gasteiger partial charge in [0.05, 0.1) is 18.3 Å². The summed E-state index contributed by atoms with van der Waals surface area (Å²) in [6, 6.07) is 26.0. The highest BCUT2D eigenvalue weighted by Crippen LogP contribution is 2.34. The van der Waals surface area contributed by atoms with Crippen molar-refractivity contribution in [2.24, 2.45) is 0 Å². The molecule has 156 valence electrons. The third-order valence-electron chi connectivity index (χ3n) is 5.84. The van der Waals surface area contributed by atoms with Crippen LogP contribution in [-0.2, 0) is 6.54 Å². The van der Waals surface area contributed by atoms with E-state index in [0.29, 0.717) is 13.2 Å². The normalized spacial score (nSPS) is 15.5. The second kappa shape index (κ2) is 8.19. The second-order valence-electron chi connectivity index (χ2n) is 7.68. The van der Waals surface area contributed by atoms with Crippen molar-refractivity contribution in [2.75, 3.05) is 18.5 Å². The van der Waals surface area contributed by atoms with Gasteiger partial charge in [0.25, 0.3) is 0 Å². The van der Waals surface area contributed by atoms with Gasteiger partial charge in [0, 0.05) is 30.4 Å². The number of carbonyl (C=O) groups excluding carboxylic acids is 1. The topological polar surface area (TPSA) is 46.5 Å². The molecule has 1 aliphatic rings. The predicted molar refractivity (Wildman–Crippen MR) is 124 cm³/mol. The lowest BCUT2D eigenvalue weighted by molar-refractivity contribution is 0.182. The number of amides is 2. The van der Waals surface area contributed by atoms with E-state index in [1.54, 1.807) is 0 Å². The fraction of sp³-hybridized carbons (Fsp3) is 0.192. The number of aromatic nitrogens is 1. The molecule has 1 aliphatic heterocycles. The Bertz CT molecular complexity index is 1210. The van der Waals surface area contributed by atoms with Crippen LogP contribution in [0.2, 0.25) is 0 Å². The van der Waals surface area contributed by atoms with Gasteiger partial charge >= 0.3 is 6.03 Å². The largest absolute Gasteiger partial charge is 0.494 e. The fourth-order valence-corrected chi connectivity index (χ4v) is 4.39. The van der Waals surface area contributed by atoms with Gasteiger partial charge in [-0.05, 0) is 48.2 Å². The molecule has 31 heavy (non-hydrogen) atoms. The molecule has 1 aromatic heterocycles. The van der Waals surface area contributed by atoms with Crippen LogP contribution >= 0.6 is 0 Å². The summed E-state index contributed by atoms with van der Waals surface area (Å²) < 4.78 is 7.82. The molecule has 5 nitrogen and oxygen atoms in total. The van der Waals surface area contributed by atoms with Crippen molar-refractivity contribution in [3.05, 3.63) is 96.3 Å². The maximum absolute atomic E-state index is 13.5. The van der Waals surface area contributed by atoms with E-state index in [9.17, 15) is 4.79 Å². The van der Waals surface area contributed by atoms with Crippen LogP contribution in [0.4, 0.5) is 10.5 Å². The Morgan fingerprint density at radius 1 is 0.968 bits per heavy atom. The zero-order valence-corrected chi connectivity index (χ0v) is 17.5. The van der Waals surface area contributed by atoms with Crippen molar-refractivity contribution in [3.63, 3.8) is 0 Å². The van der Waals surface area contributed by atoms with Crippen LogP contribution in [0.1, 0.15) is 24.2 Å². The van der Waals surface area contributed by atoms with E-state index in [1.807, 2.05) is 60.4 Å². The number of fused-ring (bicyclic) bond motifs is 2. The summed E-state index contributed by atoms with van der Waals surface area (Å²) in [5.74, 6) is 0.837. The first-order valence-electron chi connectivity index (χ1n) is 10.7. The number of ether oxygens (including phenoxy) is 1. The summed E-state index contributed by atoms with van der Waals surface area (Å²) in [6.45, 7) is 4.02. The van der Waals surface area contributed by atoms with Crippen molar-refractivity contribution in [1.82, 2.24) is 9.47 Å². The Hall–Kier alpha value is -3.73. The highest BCUT2D eigenvalue weighted by atomic mass is 16.5. The summed E-state index contributed by atoms with van der Waals surface area (Å²) >= 11 is 0. The van der Waals surface area contributed by atoms with Crippen LogP contribution in [0.15, 0.2) is 85.1 Å². The van der Waals surface area contributed by atoms with E-state index in [0.717, 1.165) is 40.0 Å². The highest BCUT2D eigenvalue weighted by molar-refractivity contribution is 6.01. The van der Waals surface area contributed by atoms with Gasteiger partial charge in [-0.2, -0.15) is 0 Å². The molecule has 0 bridgehead atoms. The van der Waals surface area contributed by atoms with Crippen molar-refractivity contribution < 1.29 is 9.53 Å². The smallest absolute Gasteiger partial charge is 0.322 e. The van der Waals surface area contributed by atoms with Crippen molar-refractivity contribution in [2.45, 2.75) is 19.5 Å². The van der Waals surface area contributed by atoms with Gasteiger partial charge in [0.2, 0.25) is 0 Å². The fourth-order valence-electron chi connectivity index (χ4n) is 4.39. The minimum Gasteiger partial charge on any atom is -0.494 e. The summed E-state index contributed by atoms with van der Waals surface area (Å²) in [5, 5.41) is 5.31. The Balaban J connectivity index is 1.48. The summed E-state index contributed by atoms with van der Waals surface area (Å²) in [6.07, 6.45) is 2.08. The standard InChI is InChI=1S/C26H25N3O2/c1-2-31-21-14-12-20(13-15-21)25-24-11-6-16-28(24)17-18-29(25)26(30)27-23-10-5-8-19-7-3-4-9-22(19)23/h3-16,25H,2,17-18H2,1H3,(H,27,30)/t25-/m1/s1. The van der Waals surface area contributed by atoms with E-state index >= 15 is 0 Å². The molecule has 0 spiro atoms. The molecule has 0 fully saturated rings. The molecule has 4 aromatic rings. The van der Waals surface area contributed by atoms with Crippen LogP contribution in [0.3, 0.4) is 0 Å². The molecule has 2 amide bonds. The van der Waals surface area contributed by atoms with E-state index in [2.05, 4.69) is 46.4 Å². The lowest BCUT2D eigenvalue weighted by atomic mass is 10.00. The number of carbonyl (C=O) groups is 1. The molecule has 1 N–H and O–H groups in total. The van der Waals surface area contributed by atoms with E-state index < -0.39 is 0 Å². The minimum absolute atomic E-state index is 0.0947. The molecular weight excluding hydrogens is 386 g/mol. The molecule has 0 unspecified atom stereocenters. The molecule has 1 atom stereocenters. The van der Waals surface area contributed by atoms with Crippen LogP contribution < -0.4 is 10.1 Å². The first-order valence-corrected chi connectivity index (χ1v) is 10.7. The lowest BCUT2D eigenvalue weighted by Gasteiger charge is -2.37. The molecule has 2 heterocycles. The lowest BCUT2D eigenvalue weighted by Crippen LogP contribution is -2.44. The van der Waals surface area contributed by atoms with Gasteiger partial charge in [-0.3, -0.25) is 0 Å². The second-order valence-corrected chi connectivity index (χ2v) is 7.68. The average molecular weight is 412 g/mol. The zero-order valence-electron chi connectivity index (χ0n) is 17.5. The number of urea groups is 1.